The van der Waals surface area contributed by atoms with Crippen LogP contribution in [-0.2, 0) is 0 Å². The van der Waals surface area contributed by atoms with Crippen molar-refractivity contribution in [3.8, 4) is 0 Å². The van der Waals surface area contributed by atoms with Crippen LogP contribution >= 0.6 is 0 Å². The molecule has 1 aliphatic carbocycles. The number of aryl methyl sites for hydroxylation is 1. The summed E-state index contributed by atoms with van der Waals surface area (Å²) in [5.74, 6) is 1.62. The van der Waals surface area contributed by atoms with Gasteiger partial charge < -0.3 is 10.6 Å². The summed E-state index contributed by atoms with van der Waals surface area (Å²) in [4.78, 5) is 6.97. The molecular weight excluding hydrogens is 198 g/mol. The van der Waals surface area contributed by atoms with E-state index in [0.29, 0.717) is 12.0 Å². The molecule has 3 nitrogen and oxygen atoms in total. The second-order valence-electron chi connectivity index (χ2n) is 5.14. The molecule has 1 fully saturated rings. The number of hydrogen-bond acceptors (Lipinski definition) is 3. The second-order valence-corrected chi connectivity index (χ2v) is 5.14. The van der Waals surface area contributed by atoms with E-state index in [-0.39, 0.29) is 0 Å². The Balaban J connectivity index is 2.26. The first kappa shape index (κ1) is 11.2. The normalized spacial score (nSPS) is 15.5. The summed E-state index contributed by atoms with van der Waals surface area (Å²) in [6, 6.07) is 4.60. The SMILES string of the molecule is Cc1ccc(N)c(N(CC(C)C)C2CC2)n1. The molecule has 2 N–H and O–H groups in total. The molecule has 0 unspecified atom stereocenters. The van der Waals surface area contributed by atoms with Crippen LogP contribution in [0.25, 0.3) is 0 Å². The third-order valence-corrected chi connectivity index (χ3v) is 2.87. The zero-order valence-corrected chi connectivity index (χ0v) is 10.4. The number of pyridine rings is 1. The van der Waals surface area contributed by atoms with Crippen LogP contribution in [0, 0.1) is 12.8 Å². The summed E-state index contributed by atoms with van der Waals surface area (Å²) in [5, 5.41) is 0. The van der Waals surface area contributed by atoms with Gasteiger partial charge in [0.1, 0.15) is 0 Å². The maximum Gasteiger partial charge on any atom is 0.152 e. The number of nitrogens with zero attached hydrogens (tertiary/aromatic N) is 2. The van der Waals surface area contributed by atoms with Crippen LogP contribution in [-0.4, -0.2) is 17.6 Å². The van der Waals surface area contributed by atoms with E-state index >= 15 is 0 Å². The molecule has 3 heteroatoms. The molecule has 0 aliphatic heterocycles. The fraction of sp³-hybridized carbons (Fsp3) is 0.615. The van der Waals surface area contributed by atoms with Crippen molar-refractivity contribution in [2.24, 2.45) is 5.92 Å². The van der Waals surface area contributed by atoms with E-state index in [4.69, 9.17) is 5.73 Å². The molecule has 0 aromatic carbocycles. The van der Waals surface area contributed by atoms with Gasteiger partial charge in [0.25, 0.3) is 0 Å². The van der Waals surface area contributed by atoms with E-state index in [0.717, 1.165) is 23.7 Å². The lowest BCUT2D eigenvalue weighted by Crippen LogP contribution is -2.31. The first-order valence-electron chi connectivity index (χ1n) is 6.07. The van der Waals surface area contributed by atoms with Gasteiger partial charge in [-0.15, -0.1) is 0 Å². The highest BCUT2D eigenvalue weighted by Crippen LogP contribution is 2.34. The average Bonchev–Trinajstić information content (AvgIpc) is 3.02. The maximum atomic E-state index is 6.03. The van der Waals surface area contributed by atoms with Crippen molar-refractivity contribution in [2.75, 3.05) is 17.2 Å². The third-order valence-electron chi connectivity index (χ3n) is 2.87. The number of nitrogens with two attached hydrogens (primary N) is 1. The van der Waals surface area contributed by atoms with Crippen molar-refractivity contribution in [1.82, 2.24) is 4.98 Å². The topological polar surface area (TPSA) is 42.1 Å². The molecule has 2 rings (SSSR count). The van der Waals surface area contributed by atoms with E-state index in [1.165, 1.54) is 12.8 Å². The predicted molar refractivity (Wildman–Crippen MR) is 68.6 cm³/mol. The zero-order chi connectivity index (χ0) is 11.7. The Kier molecular flexibility index (Phi) is 3.03. The predicted octanol–water partition coefficient (Wildman–Crippen LogP) is 2.60. The molecule has 1 aromatic heterocycles. The van der Waals surface area contributed by atoms with Crippen LogP contribution in [0.2, 0.25) is 0 Å². The lowest BCUT2D eigenvalue weighted by molar-refractivity contribution is 0.603. The van der Waals surface area contributed by atoms with Gasteiger partial charge in [-0.05, 0) is 37.8 Å². The Morgan fingerprint density at radius 2 is 2.12 bits per heavy atom. The van der Waals surface area contributed by atoms with E-state index < -0.39 is 0 Å². The van der Waals surface area contributed by atoms with Crippen molar-refractivity contribution in [3.05, 3.63) is 17.8 Å². The van der Waals surface area contributed by atoms with Crippen LogP contribution < -0.4 is 10.6 Å². The van der Waals surface area contributed by atoms with Gasteiger partial charge in [-0.25, -0.2) is 4.98 Å². The van der Waals surface area contributed by atoms with Crippen molar-refractivity contribution in [2.45, 2.75) is 39.7 Å². The van der Waals surface area contributed by atoms with Crippen LogP contribution in [0.4, 0.5) is 11.5 Å². The summed E-state index contributed by atoms with van der Waals surface area (Å²) in [5.41, 5.74) is 7.87. The van der Waals surface area contributed by atoms with Crippen LogP contribution in [0.5, 0.6) is 0 Å². The van der Waals surface area contributed by atoms with Crippen molar-refractivity contribution >= 4 is 11.5 Å². The molecule has 1 saturated carbocycles. The van der Waals surface area contributed by atoms with E-state index in [9.17, 15) is 0 Å². The van der Waals surface area contributed by atoms with Gasteiger partial charge >= 0.3 is 0 Å². The molecule has 0 atom stereocenters. The minimum atomic E-state index is 0.641. The molecule has 1 aromatic rings. The van der Waals surface area contributed by atoms with Gasteiger partial charge in [-0.2, -0.15) is 0 Å². The molecule has 0 bridgehead atoms. The Hall–Kier alpha value is -1.25. The third kappa shape index (κ3) is 2.46. The lowest BCUT2D eigenvalue weighted by Gasteiger charge is -2.26. The minimum Gasteiger partial charge on any atom is -0.396 e. The van der Waals surface area contributed by atoms with Gasteiger partial charge in [0, 0.05) is 18.3 Å². The molecule has 0 radical (unpaired) electrons. The van der Waals surface area contributed by atoms with Gasteiger partial charge in [0.05, 0.1) is 5.69 Å². The number of anilines is 2. The van der Waals surface area contributed by atoms with Crippen molar-refractivity contribution < 1.29 is 0 Å². The Morgan fingerprint density at radius 3 is 2.69 bits per heavy atom. The van der Waals surface area contributed by atoms with Crippen molar-refractivity contribution in [3.63, 3.8) is 0 Å². The molecule has 0 spiro atoms. The Labute approximate surface area is 97.7 Å². The largest absolute Gasteiger partial charge is 0.396 e. The lowest BCUT2D eigenvalue weighted by atomic mass is 10.2. The van der Waals surface area contributed by atoms with E-state index in [1.54, 1.807) is 0 Å². The molecule has 88 valence electrons. The van der Waals surface area contributed by atoms with Crippen LogP contribution in [0.3, 0.4) is 0 Å². The second kappa shape index (κ2) is 4.32. The average molecular weight is 219 g/mol. The van der Waals surface area contributed by atoms with Gasteiger partial charge in [-0.3, -0.25) is 0 Å². The Morgan fingerprint density at radius 1 is 1.44 bits per heavy atom. The molecule has 1 aliphatic rings. The highest BCUT2D eigenvalue weighted by atomic mass is 15.2. The zero-order valence-electron chi connectivity index (χ0n) is 10.4. The van der Waals surface area contributed by atoms with E-state index in [2.05, 4.69) is 23.7 Å². The number of aromatic nitrogens is 1. The molecular formula is C13H21N3. The highest BCUT2D eigenvalue weighted by molar-refractivity contribution is 5.64. The number of nitrogen functional groups attached to an aromatic ring is 1. The number of rotatable bonds is 4. The monoisotopic (exact) mass is 219 g/mol. The summed E-state index contributed by atoms with van der Waals surface area (Å²) >= 11 is 0. The summed E-state index contributed by atoms with van der Waals surface area (Å²) in [6.07, 6.45) is 2.56. The minimum absolute atomic E-state index is 0.641. The molecule has 0 amide bonds. The quantitative estimate of drug-likeness (QED) is 0.846. The Bertz CT molecular complexity index is 369. The van der Waals surface area contributed by atoms with Crippen LogP contribution in [0.1, 0.15) is 32.4 Å². The smallest absolute Gasteiger partial charge is 0.152 e. The standard InChI is InChI=1S/C13H21N3/c1-9(2)8-16(11-5-6-11)13-12(14)7-4-10(3)15-13/h4,7,9,11H,5-6,8,14H2,1-3H3. The van der Waals surface area contributed by atoms with Gasteiger partial charge in [0.2, 0.25) is 0 Å². The van der Waals surface area contributed by atoms with Crippen molar-refractivity contribution in [1.29, 1.82) is 0 Å². The summed E-state index contributed by atoms with van der Waals surface area (Å²) in [7, 11) is 0. The van der Waals surface area contributed by atoms with Crippen LogP contribution in [0.15, 0.2) is 12.1 Å². The molecule has 0 saturated heterocycles. The van der Waals surface area contributed by atoms with Gasteiger partial charge in [0.15, 0.2) is 5.82 Å². The van der Waals surface area contributed by atoms with Gasteiger partial charge in [-0.1, -0.05) is 13.8 Å². The molecule has 1 heterocycles. The fourth-order valence-electron chi connectivity index (χ4n) is 1.97. The molecule has 16 heavy (non-hydrogen) atoms. The first-order valence-corrected chi connectivity index (χ1v) is 6.07. The summed E-state index contributed by atoms with van der Waals surface area (Å²) in [6.45, 7) is 7.54. The first-order chi connectivity index (χ1) is 7.58. The highest BCUT2D eigenvalue weighted by Gasteiger charge is 2.31. The van der Waals surface area contributed by atoms with E-state index in [1.807, 2.05) is 19.1 Å². The number of hydrogen-bond donors (Lipinski definition) is 1. The summed E-state index contributed by atoms with van der Waals surface area (Å²) < 4.78 is 0. The fourth-order valence-corrected chi connectivity index (χ4v) is 1.97. The maximum absolute atomic E-state index is 6.03.